The number of halogens is 2. The normalized spacial score (nSPS) is 12.1. The molecule has 0 aliphatic heterocycles. The van der Waals surface area contributed by atoms with Gasteiger partial charge in [0.2, 0.25) is 0 Å². The Labute approximate surface area is 410 Å². The van der Waals surface area contributed by atoms with Crippen molar-refractivity contribution in [2.24, 2.45) is 0 Å². The van der Waals surface area contributed by atoms with Crippen molar-refractivity contribution < 1.29 is 19.1 Å². The molecule has 0 fully saturated rings. The van der Waals surface area contributed by atoms with Gasteiger partial charge in [0, 0.05) is 33.4 Å². The molecular formula is C63H40Cl2O4. The second-order valence-corrected chi connectivity index (χ2v) is 17.7. The highest BCUT2D eigenvalue weighted by molar-refractivity contribution is 6.35. The number of ketones is 2. The van der Waals surface area contributed by atoms with Crippen LogP contribution in [0.25, 0.3) is 33.4 Å². The summed E-state index contributed by atoms with van der Waals surface area (Å²) < 4.78 is 13.5. The van der Waals surface area contributed by atoms with Crippen molar-refractivity contribution in [3.63, 3.8) is 0 Å². The molecule has 69 heavy (non-hydrogen) atoms. The van der Waals surface area contributed by atoms with Crippen molar-refractivity contribution in [3.05, 3.63) is 297 Å². The molecule has 10 aromatic carbocycles. The fourth-order valence-corrected chi connectivity index (χ4v) is 10.1. The van der Waals surface area contributed by atoms with Crippen molar-refractivity contribution in [3.8, 4) is 56.4 Å². The lowest BCUT2D eigenvalue weighted by Gasteiger charge is -2.35. The van der Waals surface area contributed by atoms with E-state index in [9.17, 15) is 9.59 Å². The Bertz CT molecular complexity index is 3310. The Balaban J connectivity index is 1.04. The van der Waals surface area contributed by atoms with E-state index in [4.69, 9.17) is 32.7 Å². The zero-order chi connectivity index (χ0) is 46.9. The molecule has 1 aliphatic rings. The van der Waals surface area contributed by atoms with E-state index in [0.29, 0.717) is 55.3 Å². The third kappa shape index (κ3) is 8.00. The predicted octanol–water partition coefficient (Wildman–Crippen LogP) is 16.7. The highest BCUT2D eigenvalue weighted by Gasteiger charge is 2.46. The Kier molecular flexibility index (Phi) is 11.6. The monoisotopic (exact) mass is 930 g/mol. The fourth-order valence-electron chi connectivity index (χ4n) is 9.62. The summed E-state index contributed by atoms with van der Waals surface area (Å²) in [6, 6.07) is 79.4. The maximum Gasteiger partial charge on any atom is 0.194 e. The van der Waals surface area contributed by atoms with Crippen LogP contribution in [0.2, 0.25) is 10.0 Å². The molecule has 0 heterocycles. The van der Waals surface area contributed by atoms with Gasteiger partial charge in [-0.05, 0) is 142 Å². The fraction of sp³-hybridized carbons (Fsp3) is 0.0159. The summed E-state index contributed by atoms with van der Waals surface area (Å²) in [7, 11) is 0. The number of hydrogen-bond acceptors (Lipinski definition) is 4. The van der Waals surface area contributed by atoms with Crippen LogP contribution in [0.5, 0.6) is 23.0 Å². The first-order valence-corrected chi connectivity index (χ1v) is 23.4. The molecule has 0 spiro atoms. The molecule has 4 nitrogen and oxygen atoms in total. The molecule has 0 amide bonds. The van der Waals surface area contributed by atoms with Gasteiger partial charge in [0.15, 0.2) is 11.6 Å². The largest absolute Gasteiger partial charge is 0.457 e. The van der Waals surface area contributed by atoms with Crippen LogP contribution in [-0.2, 0) is 5.41 Å². The zero-order valence-corrected chi connectivity index (χ0v) is 38.5. The van der Waals surface area contributed by atoms with Gasteiger partial charge in [0.25, 0.3) is 0 Å². The lowest BCUT2D eigenvalue weighted by Crippen LogP contribution is -2.28. The minimum Gasteiger partial charge on any atom is -0.457 e. The topological polar surface area (TPSA) is 52.6 Å². The smallest absolute Gasteiger partial charge is 0.194 e. The van der Waals surface area contributed by atoms with Crippen molar-refractivity contribution in [2.75, 3.05) is 0 Å². The molecule has 10 aromatic rings. The number of carbonyl (C=O) groups excluding carboxylic acids is 2. The number of rotatable bonds is 12. The summed E-state index contributed by atoms with van der Waals surface area (Å²) >= 11 is 12.8. The molecule has 0 unspecified atom stereocenters. The van der Waals surface area contributed by atoms with Crippen LogP contribution in [0.3, 0.4) is 0 Å². The zero-order valence-electron chi connectivity index (χ0n) is 37.0. The van der Waals surface area contributed by atoms with Crippen LogP contribution < -0.4 is 9.47 Å². The van der Waals surface area contributed by atoms with Crippen LogP contribution in [0, 0.1) is 0 Å². The summed E-state index contributed by atoms with van der Waals surface area (Å²) in [5.74, 6) is 2.20. The molecule has 1 aliphatic carbocycles. The molecule has 0 saturated carbocycles. The van der Waals surface area contributed by atoms with Crippen molar-refractivity contribution >= 4 is 34.8 Å². The van der Waals surface area contributed by atoms with Gasteiger partial charge >= 0.3 is 0 Å². The minimum atomic E-state index is -0.779. The van der Waals surface area contributed by atoms with Gasteiger partial charge in [-0.25, -0.2) is 0 Å². The van der Waals surface area contributed by atoms with E-state index in [2.05, 4.69) is 109 Å². The lowest BCUT2D eigenvalue weighted by atomic mass is 9.67. The average molecular weight is 932 g/mol. The summed E-state index contributed by atoms with van der Waals surface area (Å²) in [6.45, 7) is 0. The van der Waals surface area contributed by atoms with Crippen LogP contribution in [0.15, 0.2) is 243 Å². The van der Waals surface area contributed by atoms with Gasteiger partial charge in [-0.3, -0.25) is 9.59 Å². The van der Waals surface area contributed by atoms with Crippen molar-refractivity contribution in [1.82, 2.24) is 0 Å². The van der Waals surface area contributed by atoms with Crippen LogP contribution in [-0.4, -0.2) is 11.6 Å². The van der Waals surface area contributed by atoms with E-state index < -0.39 is 5.41 Å². The Hall–Kier alpha value is -8.28. The highest BCUT2D eigenvalue weighted by atomic mass is 35.5. The maximum absolute atomic E-state index is 13.4. The second kappa shape index (κ2) is 18.4. The van der Waals surface area contributed by atoms with Gasteiger partial charge in [0.1, 0.15) is 23.0 Å². The summed E-state index contributed by atoms with van der Waals surface area (Å²) in [4.78, 5) is 26.8. The first-order valence-electron chi connectivity index (χ1n) is 22.6. The molecule has 0 aromatic heterocycles. The molecule has 0 atom stereocenters. The van der Waals surface area contributed by atoms with E-state index >= 15 is 0 Å². The van der Waals surface area contributed by atoms with Crippen LogP contribution in [0.1, 0.15) is 54.1 Å². The average Bonchev–Trinajstić information content (AvgIpc) is 3.71. The van der Waals surface area contributed by atoms with E-state index in [-0.39, 0.29) is 11.6 Å². The Morgan fingerprint density at radius 2 is 0.710 bits per heavy atom. The molecule has 0 radical (unpaired) electrons. The molecule has 330 valence electrons. The molecule has 0 saturated heterocycles. The molecule has 0 N–H and O–H groups in total. The van der Waals surface area contributed by atoms with E-state index in [0.717, 1.165) is 55.6 Å². The van der Waals surface area contributed by atoms with Crippen molar-refractivity contribution in [2.45, 2.75) is 5.41 Å². The van der Waals surface area contributed by atoms with E-state index in [1.54, 1.807) is 60.7 Å². The Morgan fingerprint density at radius 1 is 0.348 bits per heavy atom. The van der Waals surface area contributed by atoms with Gasteiger partial charge in [-0.15, -0.1) is 0 Å². The van der Waals surface area contributed by atoms with Gasteiger partial charge in [0.05, 0.1) is 15.5 Å². The number of fused-ring (bicyclic) bond motifs is 3. The van der Waals surface area contributed by atoms with Crippen LogP contribution in [0.4, 0.5) is 0 Å². The van der Waals surface area contributed by atoms with E-state index in [1.165, 1.54) is 0 Å². The lowest BCUT2D eigenvalue weighted by molar-refractivity contribution is 0.103. The molecular weight excluding hydrogens is 892 g/mol. The quantitative estimate of drug-likeness (QED) is 0.115. The third-order valence-corrected chi connectivity index (χ3v) is 13.5. The van der Waals surface area contributed by atoms with Crippen LogP contribution >= 0.6 is 23.2 Å². The third-order valence-electron chi connectivity index (χ3n) is 12.9. The Morgan fingerprint density at radius 3 is 1.12 bits per heavy atom. The second-order valence-electron chi connectivity index (χ2n) is 16.9. The number of carbonyl (C=O) groups is 2. The molecule has 6 heteroatoms. The number of ether oxygens (including phenoxy) is 2. The SMILES string of the molecule is O=C(c1ccc(Oc2ccc(C3(c4ccc(Oc5ccc(C(=O)c6ccccc6Cl)cc5)c(-c5ccccc5)c4)c4ccccc4-c4ccccc43)cc2-c2ccccc2)cc1)c1ccccc1Cl. The van der Waals surface area contributed by atoms with Gasteiger partial charge in [-0.2, -0.15) is 0 Å². The van der Waals surface area contributed by atoms with Gasteiger partial charge in [-0.1, -0.05) is 169 Å². The number of hydrogen-bond donors (Lipinski definition) is 0. The first kappa shape index (κ1) is 43.3. The van der Waals surface area contributed by atoms with Crippen molar-refractivity contribution in [1.29, 1.82) is 0 Å². The maximum atomic E-state index is 13.4. The summed E-state index contributed by atoms with van der Waals surface area (Å²) in [6.07, 6.45) is 0. The summed E-state index contributed by atoms with van der Waals surface area (Å²) in [5, 5.41) is 0.821. The molecule has 11 rings (SSSR count). The van der Waals surface area contributed by atoms with Gasteiger partial charge < -0.3 is 9.47 Å². The van der Waals surface area contributed by atoms with E-state index in [1.807, 2.05) is 72.8 Å². The highest BCUT2D eigenvalue weighted by Crippen LogP contribution is 2.58. The first-order chi connectivity index (χ1) is 33.9. The number of benzene rings is 10. The standard InChI is InChI=1S/C63H40Cl2O4/c64-57-25-13-9-21-51(57)61(66)43-27-33-47(34-28-43)68-59-37-31-45(39-53(59)41-15-3-1-4-16-41)63(55-23-11-7-19-49(55)50-20-8-12-24-56(50)63)46-32-38-60(54(40-46)42-17-5-2-6-18-42)69-48-35-29-44(30-36-48)62(67)52-22-10-14-26-58(52)65/h1-40H. The molecule has 0 bridgehead atoms. The predicted molar refractivity (Wildman–Crippen MR) is 277 cm³/mol. The minimum absolute atomic E-state index is 0.157. The summed E-state index contributed by atoms with van der Waals surface area (Å²) in [5.41, 5.74) is 11.7.